The molecule has 0 spiro atoms. The molecule has 1 atom stereocenters. The van der Waals surface area contributed by atoms with Crippen molar-refractivity contribution in [3.05, 3.63) is 35.0 Å². The molecule has 1 saturated heterocycles. The first kappa shape index (κ1) is 17.7. The minimum absolute atomic E-state index is 0.0932. The van der Waals surface area contributed by atoms with E-state index in [-0.39, 0.29) is 18.1 Å². The summed E-state index contributed by atoms with van der Waals surface area (Å²) in [5.41, 5.74) is 2.41. The van der Waals surface area contributed by atoms with Gasteiger partial charge in [0.15, 0.2) is 0 Å². The molecule has 0 radical (unpaired) electrons. The second-order valence-electron chi connectivity index (χ2n) is 8.34. The van der Waals surface area contributed by atoms with Gasteiger partial charge in [0.2, 0.25) is 11.8 Å². The molecule has 6 heteroatoms. The summed E-state index contributed by atoms with van der Waals surface area (Å²) < 4.78 is 6.22. The minimum Gasteiger partial charge on any atom is -0.473 e. The van der Waals surface area contributed by atoms with E-state index < -0.39 is 0 Å². The number of hydrogen-bond donors (Lipinski definition) is 0. The van der Waals surface area contributed by atoms with Gasteiger partial charge in [-0.25, -0.2) is 4.98 Å². The van der Waals surface area contributed by atoms with Crippen molar-refractivity contribution in [3.63, 3.8) is 0 Å². The molecule has 1 aromatic heterocycles. The van der Waals surface area contributed by atoms with Crippen LogP contribution in [0, 0.1) is 11.3 Å². The maximum Gasteiger partial charge on any atom is 0.232 e. The van der Waals surface area contributed by atoms with Crippen LogP contribution in [0.1, 0.15) is 61.4 Å². The maximum atomic E-state index is 12.2. The number of carbonyl (C=O) groups is 1. The van der Waals surface area contributed by atoms with Crippen molar-refractivity contribution in [2.75, 3.05) is 19.6 Å². The molecule has 146 valence electrons. The van der Waals surface area contributed by atoms with Crippen LogP contribution >= 0.6 is 0 Å². The van der Waals surface area contributed by atoms with Crippen LogP contribution in [0.15, 0.2) is 18.2 Å². The van der Waals surface area contributed by atoms with E-state index in [0.717, 1.165) is 43.2 Å². The summed E-state index contributed by atoms with van der Waals surface area (Å²) in [6.45, 7) is 2.83. The van der Waals surface area contributed by atoms with E-state index in [1.807, 2.05) is 17.0 Å². The maximum absolute atomic E-state index is 12.2. The molecule has 1 aromatic rings. The summed E-state index contributed by atoms with van der Waals surface area (Å²) in [7, 11) is 0. The number of piperidine rings is 1. The van der Waals surface area contributed by atoms with Crippen LogP contribution in [0.25, 0.3) is 0 Å². The number of hydrogen-bond acceptors (Lipinski definition) is 5. The predicted molar refractivity (Wildman–Crippen MR) is 104 cm³/mol. The number of nitrogens with zero attached hydrogens (tertiary/aromatic N) is 4. The average Bonchev–Trinajstić information content (AvgIpc) is 2.67. The zero-order chi connectivity index (χ0) is 19.1. The van der Waals surface area contributed by atoms with Crippen LogP contribution in [-0.4, -0.2) is 52.5 Å². The fourth-order valence-electron chi connectivity index (χ4n) is 4.88. The highest BCUT2D eigenvalue weighted by atomic mass is 16.5. The van der Waals surface area contributed by atoms with Gasteiger partial charge in [0.1, 0.15) is 17.7 Å². The highest BCUT2D eigenvalue weighted by Gasteiger charge is 2.34. The summed E-state index contributed by atoms with van der Waals surface area (Å²) in [5.74, 6) is 0.623. The van der Waals surface area contributed by atoms with Gasteiger partial charge in [-0.05, 0) is 31.7 Å². The molecule has 1 unspecified atom stereocenters. The number of nitriles is 1. The molecule has 28 heavy (non-hydrogen) atoms. The van der Waals surface area contributed by atoms with Gasteiger partial charge in [0.25, 0.3) is 0 Å². The third-order valence-corrected chi connectivity index (χ3v) is 6.74. The number of aromatic nitrogens is 1. The molecule has 4 aliphatic rings. The van der Waals surface area contributed by atoms with E-state index in [9.17, 15) is 10.1 Å². The summed E-state index contributed by atoms with van der Waals surface area (Å²) in [6.07, 6.45) is 11.3. The Bertz CT molecular complexity index is 847. The van der Waals surface area contributed by atoms with Crippen LogP contribution in [0.3, 0.4) is 0 Å². The normalized spacial score (nSPS) is 25.6. The highest BCUT2D eigenvalue weighted by Crippen LogP contribution is 2.36. The Balaban J connectivity index is 1.34. The summed E-state index contributed by atoms with van der Waals surface area (Å²) >= 11 is 0. The first-order valence-corrected chi connectivity index (χ1v) is 10.5. The van der Waals surface area contributed by atoms with Crippen LogP contribution in [0.2, 0.25) is 0 Å². The fraction of sp³-hybridized carbons (Fsp3) is 0.591. The van der Waals surface area contributed by atoms with Crippen LogP contribution in [0.4, 0.5) is 0 Å². The van der Waals surface area contributed by atoms with Gasteiger partial charge in [-0.15, -0.1) is 0 Å². The Hall–Kier alpha value is -2.39. The number of fused-ring (bicyclic) bond motifs is 3. The standard InChI is InChI=1S/C22H26N4O2/c23-14-15-13-18-19(9-12-26-20(18)5-2-6-21(26)27)24-22(15)28-17-7-10-25(11-8-17)16-3-1-4-16/h2,5,13,16-17,20H,1,3-4,6-12H2. The number of amides is 1. The number of pyridine rings is 1. The molecule has 4 heterocycles. The Morgan fingerprint density at radius 3 is 2.71 bits per heavy atom. The minimum atomic E-state index is -0.0932. The Kier molecular flexibility index (Phi) is 4.56. The quantitative estimate of drug-likeness (QED) is 0.757. The van der Waals surface area contributed by atoms with Crippen molar-refractivity contribution in [1.82, 2.24) is 14.8 Å². The molecular weight excluding hydrogens is 352 g/mol. The van der Waals surface area contributed by atoms with E-state index in [1.54, 1.807) is 0 Å². The molecule has 0 bridgehead atoms. The molecular formula is C22H26N4O2. The number of rotatable bonds is 3. The monoisotopic (exact) mass is 378 g/mol. The lowest BCUT2D eigenvalue weighted by atomic mass is 9.89. The van der Waals surface area contributed by atoms with Crippen molar-refractivity contribution < 1.29 is 9.53 Å². The molecule has 1 saturated carbocycles. The van der Waals surface area contributed by atoms with Gasteiger partial charge in [0.05, 0.1) is 11.7 Å². The van der Waals surface area contributed by atoms with Crippen molar-refractivity contribution in [2.24, 2.45) is 0 Å². The summed E-state index contributed by atoms with van der Waals surface area (Å²) in [5, 5.41) is 9.68. The van der Waals surface area contributed by atoms with Crippen LogP contribution < -0.4 is 4.74 Å². The largest absolute Gasteiger partial charge is 0.473 e. The number of ether oxygens (including phenoxy) is 1. The van der Waals surface area contributed by atoms with Gasteiger partial charge in [-0.1, -0.05) is 18.6 Å². The number of likely N-dealkylation sites (tertiary alicyclic amines) is 1. The van der Waals surface area contributed by atoms with E-state index in [1.165, 1.54) is 19.3 Å². The molecule has 1 aliphatic carbocycles. The third-order valence-electron chi connectivity index (χ3n) is 6.74. The van der Waals surface area contributed by atoms with Crippen molar-refractivity contribution in [3.8, 4) is 11.9 Å². The third kappa shape index (κ3) is 3.08. The predicted octanol–water partition coefficient (Wildman–Crippen LogP) is 2.73. The number of carbonyl (C=O) groups excluding carboxylic acids is 1. The topological polar surface area (TPSA) is 69.5 Å². The molecule has 1 amide bonds. The van der Waals surface area contributed by atoms with Crippen LogP contribution in [0.5, 0.6) is 5.88 Å². The Morgan fingerprint density at radius 2 is 2.00 bits per heavy atom. The molecule has 5 rings (SSSR count). The van der Waals surface area contributed by atoms with Crippen LogP contribution in [-0.2, 0) is 11.2 Å². The zero-order valence-corrected chi connectivity index (χ0v) is 16.1. The fourth-order valence-corrected chi connectivity index (χ4v) is 4.88. The second-order valence-corrected chi connectivity index (χ2v) is 8.34. The van der Waals surface area contributed by atoms with Crippen molar-refractivity contribution >= 4 is 5.91 Å². The first-order chi connectivity index (χ1) is 13.7. The van der Waals surface area contributed by atoms with Gasteiger partial charge >= 0.3 is 0 Å². The SMILES string of the molecule is N#Cc1cc2c(nc1OC1CCN(C3CCC3)CC1)CCN1C(=O)CC=CC21. The lowest BCUT2D eigenvalue weighted by molar-refractivity contribution is -0.132. The van der Waals surface area contributed by atoms with Crippen molar-refractivity contribution in [2.45, 2.75) is 63.1 Å². The molecule has 0 aromatic carbocycles. The Morgan fingerprint density at radius 1 is 1.18 bits per heavy atom. The Labute approximate surface area is 165 Å². The van der Waals surface area contributed by atoms with E-state index >= 15 is 0 Å². The smallest absolute Gasteiger partial charge is 0.232 e. The lowest BCUT2D eigenvalue weighted by Gasteiger charge is -2.41. The van der Waals surface area contributed by atoms with Crippen molar-refractivity contribution in [1.29, 1.82) is 5.26 Å². The molecule has 0 N–H and O–H groups in total. The van der Waals surface area contributed by atoms with E-state index in [4.69, 9.17) is 9.72 Å². The van der Waals surface area contributed by atoms with E-state index in [2.05, 4.69) is 17.0 Å². The van der Waals surface area contributed by atoms with E-state index in [0.29, 0.717) is 30.8 Å². The molecule has 6 nitrogen and oxygen atoms in total. The summed E-state index contributed by atoms with van der Waals surface area (Å²) in [4.78, 5) is 21.4. The summed E-state index contributed by atoms with van der Waals surface area (Å²) in [6, 6.07) is 4.84. The molecule has 3 aliphatic heterocycles. The first-order valence-electron chi connectivity index (χ1n) is 10.5. The van der Waals surface area contributed by atoms with Gasteiger partial charge in [-0.2, -0.15) is 5.26 Å². The molecule has 2 fully saturated rings. The van der Waals surface area contributed by atoms with Gasteiger partial charge < -0.3 is 14.5 Å². The average molecular weight is 378 g/mol. The van der Waals surface area contributed by atoms with Gasteiger partial charge in [-0.3, -0.25) is 4.79 Å². The second kappa shape index (κ2) is 7.21. The zero-order valence-electron chi connectivity index (χ0n) is 16.1. The highest BCUT2D eigenvalue weighted by molar-refractivity contribution is 5.80. The lowest BCUT2D eigenvalue weighted by Crippen LogP contribution is -2.47. The van der Waals surface area contributed by atoms with Gasteiger partial charge in [0, 0.05) is 44.1 Å².